The van der Waals surface area contributed by atoms with Gasteiger partial charge in [-0.1, -0.05) is 19.4 Å². The van der Waals surface area contributed by atoms with Gasteiger partial charge in [-0.25, -0.2) is 4.79 Å². The zero-order valence-electron chi connectivity index (χ0n) is 23.8. The topological polar surface area (TPSA) is 92.3 Å². The molecule has 0 fully saturated rings. The van der Waals surface area contributed by atoms with E-state index >= 15 is 0 Å². The van der Waals surface area contributed by atoms with Gasteiger partial charge < -0.3 is 29.0 Å². The lowest BCUT2D eigenvalue weighted by molar-refractivity contribution is -0.139. The van der Waals surface area contributed by atoms with Crippen molar-refractivity contribution in [1.82, 2.24) is 5.32 Å². The lowest BCUT2D eigenvalue weighted by Gasteiger charge is -2.37. The van der Waals surface area contributed by atoms with Gasteiger partial charge in [0.05, 0.1) is 45.1 Å². The molecule has 0 radical (unpaired) electrons. The van der Waals surface area contributed by atoms with Gasteiger partial charge in [0.1, 0.15) is 0 Å². The van der Waals surface area contributed by atoms with E-state index in [4.69, 9.17) is 23.7 Å². The summed E-state index contributed by atoms with van der Waals surface area (Å²) in [6.07, 6.45) is 2.55. The van der Waals surface area contributed by atoms with E-state index in [1.54, 1.807) is 28.4 Å². The number of dihydropyridines is 1. The average Bonchev–Trinajstić information content (AvgIpc) is 2.95. The van der Waals surface area contributed by atoms with Crippen LogP contribution in [0.15, 0.2) is 57.3 Å². The molecule has 0 aromatic heterocycles. The van der Waals surface area contributed by atoms with Crippen LogP contribution in [0.3, 0.4) is 0 Å². The molecule has 1 aliphatic carbocycles. The fraction of sp³-hybridized carbons (Fsp3) is 0.419. The maximum absolute atomic E-state index is 14.0. The minimum Gasteiger partial charge on any atom is -0.493 e. The molecule has 0 spiro atoms. The van der Waals surface area contributed by atoms with Crippen LogP contribution in [0.2, 0.25) is 0 Å². The molecule has 9 heteroatoms. The molecule has 0 saturated carbocycles. The van der Waals surface area contributed by atoms with Gasteiger partial charge in [0.2, 0.25) is 0 Å². The molecule has 0 bridgehead atoms. The first-order valence-corrected chi connectivity index (χ1v) is 14.1. The van der Waals surface area contributed by atoms with Gasteiger partial charge in [-0.3, -0.25) is 4.79 Å². The summed E-state index contributed by atoms with van der Waals surface area (Å²) in [4.78, 5) is 27.5. The van der Waals surface area contributed by atoms with Crippen LogP contribution in [0.25, 0.3) is 0 Å². The van der Waals surface area contributed by atoms with Crippen molar-refractivity contribution in [1.29, 1.82) is 0 Å². The Hall–Kier alpha value is -3.46. The summed E-state index contributed by atoms with van der Waals surface area (Å²) >= 11 is 3.58. The zero-order chi connectivity index (χ0) is 29.0. The second-order valence-electron chi connectivity index (χ2n) is 9.86. The largest absolute Gasteiger partial charge is 0.493 e. The molecule has 0 amide bonds. The Bertz CT molecular complexity index is 1360. The number of halogens is 1. The number of Topliss-reactive ketones (excluding diaryl/α,β-unsaturated/α-hetero) is 1. The second kappa shape index (κ2) is 12.8. The highest BCUT2D eigenvalue weighted by molar-refractivity contribution is 9.10. The lowest BCUT2D eigenvalue weighted by Crippen LogP contribution is -2.36. The van der Waals surface area contributed by atoms with Gasteiger partial charge in [-0.05, 0) is 77.0 Å². The molecule has 214 valence electrons. The molecule has 2 aromatic rings. The number of benzene rings is 2. The SMILES string of the molecule is CCCCOC(=O)C1=C(C)NC2=C(C(=O)C[C@@H](c3ccc(OC)c(OC)c3)C2)[C@H]1c1cc(Br)c(OC)c(OC)c1. The summed E-state index contributed by atoms with van der Waals surface area (Å²) in [5.74, 6) is 1.12. The van der Waals surface area contributed by atoms with Gasteiger partial charge in [0.15, 0.2) is 28.8 Å². The Morgan fingerprint density at radius 3 is 2.30 bits per heavy atom. The molecule has 40 heavy (non-hydrogen) atoms. The van der Waals surface area contributed by atoms with Crippen LogP contribution in [-0.4, -0.2) is 46.8 Å². The number of hydrogen-bond acceptors (Lipinski definition) is 8. The predicted molar refractivity (Wildman–Crippen MR) is 155 cm³/mol. The Kier molecular flexibility index (Phi) is 9.45. The van der Waals surface area contributed by atoms with Gasteiger partial charge >= 0.3 is 5.97 Å². The van der Waals surface area contributed by atoms with E-state index in [-0.39, 0.29) is 18.1 Å². The maximum atomic E-state index is 14.0. The van der Waals surface area contributed by atoms with Gasteiger partial charge in [-0.2, -0.15) is 0 Å². The number of allylic oxidation sites excluding steroid dienone is 3. The summed E-state index contributed by atoms with van der Waals surface area (Å²) in [6, 6.07) is 9.45. The number of ketones is 1. The third-order valence-corrected chi connectivity index (χ3v) is 8.04. The number of unbranched alkanes of at least 4 members (excludes halogenated alkanes) is 1. The summed E-state index contributed by atoms with van der Waals surface area (Å²) in [6.45, 7) is 4.21. The summed E-state index contributed by atoms with van der Waals surface area (Å²) < 4.78 is 28.3. The highest BCUT2D eigenvalue weighted by Crippen LogP contribution is 2.49. The Morgan fingerprint density at radius 2 is 1.65 bits per heavy atom. The third kappa shape index (κ3) is 5.70. The smallest absolute Gasteiger partial charge is 0.336 e. The van der Waals surface area contributed by atoms with Crippen LogP contribution < -0.4 is 24.3 Å². The standard InChI is InChI=1S/C31H36BrNO7/c1-7-8-11-40-31(35)27-17(2)33-22-13-19(18-9-10-24(36-3)25(15-18)37-4)14-23(34)29(22)28(27)20-12-21(32)30(39-6)26(16-20)38-5/h9-10,12,15-16,19,28,33H,7-8,11,13-14H2,1-6H3/t19-,28-/m0/s1. The van der Waals surface area contributed by atoms with E-state index in [2.05, 4.69) is 21.2 Å². The fourth-order valence-electron chi connectivity index (χ4n) is 5.48. The number of nitrogens with one attached hydrogen (secondary N) is 1. The summed E-state index contributed by atoms with van der Waals surface area (Å²) in [5, 5.41) is 3.40. The molecule has 1 aliphatic heterocycles. The fourth-order valence-corrected chi connectivity index (χ4v) is 6.10. The van der Waals surface area contributed by atoms with Crippen molar-refractivity contribution in [3.05, 3.63) is 68.5 Å². The Morgan fingerprint density at radius 1 is 0.950 bits per heavy atom. The molecule has 4 rings (SSSR count). The van der Waals surface area contributed by atoms with Crippen LogP contribution in [0.4, 0.5) is 0 Å². The predicted octanol–water partition coefficient (Wildman–Crippen LogP) is 6.19. The molecule has 0 unspecified atom stereocenters. The molecular weight excluding hydrogens is 578 g/mol. The van der Waals surface area contributed by atoms with Gasteiger partial charge in [0, 0.05) is 29.3 Å². The molecule has 0 saturated heterocycles. The van der Waals surface area contributed by atoms with Gasteiger partial charge in [-0.15, -0.1) is 0 Å². The number of esters is 1. The van der Waals surface area contributed by atoms with E-state index in [1.165, 1.54) is 0 Å². The van der Waals surface area contributed by atoms with Crippen molar-refractivity contribution in [3.63, 3.8) is 0 Å². The quantitative estimate of drug-likeness (QED) is 0.250. The molecule has 2 atom stereocenters. The van der Waals surface area contributed by atoms with Crippen LogP contribution >= 0.6 is 15.9 Å². The first-order chi connectivity index (χ1) is 19.3. The van der Waals surface area contributed by atoms with E-state index in [1.807, 2.05) is 44.2 Å². The third-order valence-electron chi connectivity index (χ3n) is 7.45. The molecule has 8 nitrogen and oxygen atoms in total. The van der Waals surface area contributed by atoms with Crippen molar-refractivity contribution >= 4 is 27.7 Å². The Labute approximate surface area is 243 Å². The molecule has 2 aliphatic rings. The molecule has 2 aromatic carbocycles. The first kappa shape index (κ1) is 29.5. The lowest BCUT2D eigenvalue weighted by atomic mass is 9.71. The number of rotatable bonds is 10. The molecule has 1 heterocycles. The zero-order valence-corrected chi connectivity index (χ0v) is 25.4. The number of methoxy groups -OCH3 is 4. The monoisotopic (exact) mass is 613 g/mol. The summed E-state index contributed by atoms with van der Waals surface area (Å²) in [7, 11) is 6.31. The van der Waals surface area contributed by atoms with Crippen molar-refractivity contribution in [2.75, 3.05) is 35.0 Å². The Balaban J connectivity index is 1.81. The van der Waals surface area contributed by atoms with Crippen molar-refractivity contribution in [2.24, 2.45) is 0 Å². The average molecular weight is 615 g/mol. The highest BCUT2D eigenvalue weighted by atomic mass is 79.9. The normalized spacial score (nSPS) is 18.6. The van der Waals surface area contributed by atoms with E-state index in [9.17, 15) is 9.59 Å². The van der Waals surface area contributed by atoms with E-state index < -0.39 is 11.9 Å². The van der Waals surface area contributed by atoms with Crippen molar-refractivity contribution in [2.45, 2.75) is 51.4 Å². The number of hydrogen-bond donors (Lipinski definition) is 1. The molecule has 1 N–H and O–H groups in total. The summed E-state index contributed by atoms with van der Waals surface area (Å²) in [5.41, 5.74) is 4.18. The van der Waals surface area contributed by atoms with Gasteiger partial charge in [0.25, 0.3) is 0 Å². The van der Waals surface area contributed by atoms with Crippen molar-refractivity contribution < 1.29 is 33.3 Å². The van der Waals surface area contributed by atoms with Crippen LogP contribution in [0.1, 0.15) is 62.5 Å². The highest BCUT2D eigenvalue weighted by Gasteiger charge is 2.42. The number of ether oxygens (including phenoxy) is 5. The maximum Gasteiger partial charge on any atom is 0.336 e. The number of carbonyl (C=O) groups excluding carboxylic acids is 2. The minimum atomic E-state index is -0.625. The molecular formula is C31H36BrNO7. The number of carbonyl (C=O) groups is 2. The first-order valence-electron chi connectivity index (χ1n) is 13.3. The van der Waals surface area contributed by atoms with Crippen LogP contribution in [0.5, 0.6) is 23.0 Å². The van der Waals surface area contributed by atoms with Crippen LogP contribution in [-0.2, 0) is 14.3 Å². The van der Waals surface area contributed by atoms with Crippen LogP contribution in [0, 0.1) is 0 Å². The minimum absolute atomic E-state index is 0.0317. The van der Waals surface area contributed by atoms with E-state index in [0.717, 1.165) is 29.7 Å². The van der Waals surface area contributed by atoms with E-state index in [0.29, 0.717) is 57.3 Å². The van der Waals surface area contributed by atoms with Crippen molar-refractivity contribution in [3.8, 4) is 23.0 Å². The second-order valence-corrected chi connectivity index (χ2v) is 10.7.